The Balaban J connectivity index is 1.70. The largest absolute Gasteiger partial charge is 0.464 e. The van der Waals surface area contributed by atoms with E-state index in [1.807, 2.05) is 0 Å². The molecule has 178 valence electrons. The highest BCUT2D eigenvalue weighted by molar-refractivity contribution is 6.01. The van der Waals surface area contributed by atoms with E-state index in [2.05, 4.69) is 0 Å². The molecule has 4 rings (SSSR count). The number of ether oxygens (including phenoxy) is 4. The Morgan fingerprint density at radius 2 is 1.35 bits per heavy atom. The smallest absolute Gasteiger partial charge is 0.316 e. The van der Waals surface area contributed by atoms with Crippen LogP contribution in [0.2, 0.25) is 0 Å². The van der Waals surface area contributed by atoms with Crippen LogP contribution in [0.15, 0.2) is 48.7 Å². The topological polar surface area (TPSA) is 91.3 Å². The van der Waals surface area contributed by atoms with Crippen molar-refractivity contribution in [3.63, 3.8) is 0 Å². The number of benzene rings is 2. The van der Waals surface area contributed by atoms with E-state index in [0.717, 1.165) is 0 Å². The normalized spacial score (nSPS) is 16.9. The molecule has 2 aliphatic rings. The molecular formula is C27H28O7. The zero-order chi connectivity index (χ0) is 24.8. The van der Waals surface area contributed by atoms with Gasteiger partial charge in [-0.3, -0.25) is 9.59 Å². The van der Waals surface area contributed by atoms with Gasteiger partial charge in [-0.05, 0) is 77.5 Å². The van der Waals surface area contributed by atoms with Crippen molar-refractivity contribution in [1.29, 1.82) is 0 Å². The molecule has 0 amide bonds. The summed E-state index contributed by atoms with van der Waals surface area (Å²) in [5.74, 6) is 0.733. The van der Waals surface area contributed by atoms with E-state index in [1.54, 1.807) is 84.0 Å². The van der Waals surface area contributed by atoms with Crippen LogP contribution in [-0.4, -0.2) is 23.3 Å². The maximum absolute atomic E-state index is 12.3. The predicted molar refractivity (Wildman–Crippen MR) is 126 cm³/mol. The molecule has 0 radical (unpaired) electrons. The van der Waals surface area contributed by atoms with Crippen LogP contribution in [0.25, 0.3) is 11.1 Å². The fourth-order valence-electron chi connectivity index (χ4n) is 3.38. The summed E-state index contributed by atoms with van der Waals surface area (Å²) in [4.78, 5) is 24.5. The van der Waals surface area contributed by atoms with Crippen LogP contribution in [0.5, 0.6) is 23.0 Å². The summed E-state index contributed by atoms with van der Waals surface area (Å²) in [5.41, 5.74) is 1.24. The quantitative estimate of drug-likeness (QED) is 0.487. The molecule has 0 aliphatic carbocycles. The molecule has 34 heavy (non-hydrogen) atoms. The van der Waals surface area contributed by atoms with Crippen molar-refractivity contribution in [3.05, 3.63) is 59.9 Å². The Hall–Kier alpha value is -3.58. The summed E-state index contributed by atoms with van der Waals surface area (Å²) in [6.45, 7) is 10.6. The number of aliphatic hydroxyl groups excluding tert-OH is 1. The molecule has 1 atom stereocenters. The lowest BCUT2D eigenvalue weighted by Crippen LogP contribution is -2.26. The highest BCUT2D eigenvalue weighted by atomic mass is 16.6. The third-order valence-corrected chi connectivity index (χ3v) is 5.34. The SMILES string of the molecule is CC(C)(C)C(=O)Oc1ccc2c(c1)OC(O)C1=C2C=COc2cc(OC(=O)C(C)(C)C)ccc21. The minimum Gasteiger partial charge on any atom is -0.464 e. The predicted octanol–water partition coefficient (Wildman–Crippen LogP) is 5.12. The summed E-state index contributed by atoms with van der Waals surface area (Å²) in [6, 6.07) is 10.0. The standard InChI is InChI=1S/C27H28O7/c1-26(2,3)24(29)32-15-8-10-19-20(13-15)31-12-11-18-17-9-7-16(33-25(30)27(4,5)6)14-21(17)34-23(28)22(18)19/h7-14,23,28H,1-6H3. The number of carbonyl (C=O) groups is 2. The van der Waals surface area contributed by atoms with Crippen LogP contribution < -0.4 is 18.9 Å². The molecule has 0 aromatic heterocycles. The molecule has 0 fully saturated rings. The molecule has 2 heterocycles. The van der Waals surface area contributed by atoms with E-state index in [9.17, 15) is 14.7 Å². The van der Waals surface area contributed by atoms with Gasteiger partial charge in [-0.2, -0.15) is 0 Å². The van der Waals surface area contributed by atoms with Gasteiger partial charge in [0.25, 0.3) is 0 Å². The first-order valence-corrected chi connectivity index (χ1v) is 11.0. The Morgan fingerprint density at radius 3 is 1.91 bits per heavy atom. The van der Waals surface area contributed by atoms with Crippen LogP contribution in [0.1, 0.15) is 52.7 Å². The van der Waals surface area contributed by atoms with Crippen LogP contribution in [-0.2, 0) is 9.59 Å². The van der Waals surface area contributed by atoms with Crippen molar-refractivity contribution >= 4 is 23.1 Å². The number of rotatable bonds is 2. The number of carbonyl (C=O) groups excluding carboxylic acids is 2. The second kappa shape index (κ2) is 8.33. The molecule has 1 unspecified atom stereocenters. The molecule has 0 spiro atoms. The van der Waals surface area contributed by atoms with Crippen LogP contribution in [0, 0.1) is 10.8 Å². The average molecular weight is 465 g/mol. The van der Waals surface area contributed by atoms with Crippen molar-refractivity contribution in [2.24, 2.45) is 10.8 Å². The summed E-state index contributed by atoms with van der Waals surface area (Å²) < 4.78 is 22.5. The first kappa shape index (κ1) is 23.6. The van der Waals surface area contributed by atoms with Crippen molar-refractivity contribution in [2.75, 3.05) is 0 Å². The second-order valence-electron chi connectivity index (χ2n) is 10.3. The lowest BCUT2D eigenvalue weighted by Gasteiger charge is -2.27. The number of hydrogen-bond acceptors (Lipinski definition) is 7. The highest BCUT2D eigenvalue weighted by Crippen LogP contribution is 2.46. The minimum atomic E-state index is -1.29. The Labute approximate surface area is 198 Å². The van der Waals surface area contributed by atoms with Gasteiger partial charge in [0, 0.05) is 28.8 Å². The molecule has 7 nitrogen and oxygen atoms in total. The maximum Gasteiger partial charge on any atom is 0.316 e. The highest BCUT2D eigenvalue weighted by Gasteiger charge is 2.32. The van der Waals surface area contributed by atoms with Crippen LogP contribution in [0.3, 0.4) is 0 Å². The van der Waals surface area contributed by atoms with Crippen LogP contribution in [0.4, 0.5) is 0 Å². The van der Waals surface area contributed by atoms with Gasteiger partial charge in [-0.1, -0.05) is 0 Å². The van der Waals surface area contributed by atoms with E-state index in [0.29, 0.717) is 45.3 Å². The average Bonchev–Trinajstić information content (AvgIpc) is 2.92. The van der Waals surface area contributed by atoms with E-state index in [4.69, 9.17) is 18.9 Å². The van der Waals surface area contributed by atoms with E-state index >= 15 is 0 Å². The minimum absolute atomic E-state index is 0.328. The number of esters is 2. The first-order valence-electron chi connectivity index (χ1n) is 11.0. The monoisotopic (exact) mass is 464 g/mol. The summed E-state index contributed by atoms with van der Waals surface area (Å²) in [7, 11) is 0. The molecule has 2 aromatic carbocycles. The summed E-state index contributed by atoms with van der Waals surface area (Å²) >= 11 is 0. The third-order valence-electron chi connectivity index (χ3n) is 5.34. The lowest BCUT2D eigenvalue weighted by atomic mass is 9.91. The van der Waals surface area contributed by atoms with Gasteiger partial charge in [0.05, 0.1) is 17.1 Å². The van der Waals surface area contributed by atoms with Gasteiger partial charge in [0.15, 0.2) is 0 Å². The molecule has 2 aromatic rings. The lowest BCUT2D eigenvalue weighted by molar-refractivity contribution is -0.143. The number of fused-ring (bicyclic) bond motifs is 4. The zero-order valence-electron chi connectivity index (χ0n) is 20.1. The maximum atomic E-state index is 12.3. The summed E-state index contributed by atoms with van der Waals surface area (Å²) in [6.07, 6.45) is 1.96. The van der Waals surface area contributed by atoms with E-state index < -0.39 is 17.1 Å². The van der Waals surface area contributed by atoms with Gasteiger partial charge < -0.3 is 24.1 Å². The molecule has 7 heteroatoms. The molecule has 0 saturated heterocycles. The third kappa shape index (κ3) is 4.56. The van der Waals surface area contributed by atoms with Gasteiger partial charge in [0.2, 0.25) is 6.29 Å². The van der Waals surface area contributed by atoms with Crippen LogP contribution >= 0.6 is 0 Å². The van der Waals surface area contributed by atoms with Crippen molar-refractivity contribution in [1.82, 2.24) is 0 Å². The van der Waals surface area contributed by atoms with Gasteiger partial charge in [-0.15, -0.1) is 0 Å². The number of hydrogen-bond donors (Lipinski definition) is 1. The number of allylic oxidation sites excluding steroid dienone is 2. The zero-order valence-corrected chi connectivity index (χ0v) is 20.1. The molecule has 1 N–H and O–H groups in total. The van der Waals surface area contributed by atoms with Gasteiger partial charge >= 0.3 is 11.9 Å². The van der Waals surface area contributed by atoms with E-state index in [1.165, 1.54) is 6.26 Å². The molecule has 2 aliphatic heterocycles. The molecule has 0 saturated carbocycles. The Bertz CT molecular complexity index is 1220. The Kier molecular flexibility index (Phi) is 5.77. The number of aliphatic hydroxyl groups is 1. The van der Waals surface area contributed by atoms with E-state index in [-0.39, 0.29) is 11.9 Å². The van der Waals surface area contributed by atoms with Crippen molar-refractivity contribution in [2.45, 2.75) is 47.8 Å². The van der Waals surface area contributed by atoms with Crippen molar-refractivity contribution in [3.8, 4) is 23.0 Å². The van der Waals surface area contributed by atoms with Crippen molar-refractivity contribution < 1.29 is 33.6 Å². The first-order chi connectivity index (χ1) is 15.8. The molecule has 0 bridgehead atoms. The fourth-order valence-corrected chi connectivity index (χ4v) is 3.38. The summed E-state index contributed by atoms with van der Waals surface area (Å²) in [5, 5.41) is 10.9. The fraction of sp³-hybridized carbons (Fsp3) is 0.333. The second-order valence-corrected chi connectivity index (χ2v) is 10.3. The van der Waals surface area contributed by atoms with Gasteiger partial charge in [0.1, 0.15) is 23.0 Å². The van der Waals surface area contributed by atoms with Gasteiger partial charge in [-0.25, -0.2) is 0 Å². The Morgan fingerprint density at radius 1 is 0.824 bits per heavy atom. The molecular weight excluding hydrogens is 436 g/mol.